The van der Waals surface area contributed by atoms with Crippen LogP contribution in [0.5, 0.6) is 5.75 Å². The molecule has 8 heteroatoms. The fourth-order valence-electron chi connectivity index (χ4n) is 3.29. The van der Waals surface area contributed by atoms with Gasteiger partial charge in [0.25, 0.3) is 0 Å². The van der Waals surface area contributed by atoms with Crippen LogP contribution in [0.3, 0.4) is 0 Å². The number of rotatable bonds is 6. The predicted molar refractivity (Wildman–Crippen MR) is 119 cm³/mol. The van der Waals surface area contributed by atoms with Gasteiger partial charge >= 0.3 is 0 Å². The molecule has 2 aromatic carbocycles. The lowest BCUT2D eigenvalue weighted by Gasteiger charge is -2.31. The molecule has 0 saturated carbocycles. The second-order valence-corrected chi connectivity index (χ2v) is 9.27. The first-order valence-corrected chi connectivity index (χ1v) is 11.1. The summed E-state index contributed by atoms with van der Waals surface area (Å²) in [6.45, 7) is 2.70. The minimum Gasteiger partial charge on any atom is -0.497 e. The summed E-state index contributed by atoms with van der Waals surface area (Å²) in [7, 11) is 1.64. The number of hydrogen-bond acceptors (Lipinski definition) is 7. The molecule has 1 atom stereocenters. The van der Waals surface area contributed by atoms with Crippen molar-refractivity contribution < 1.29 is 9.53 Å². The first-order valence-electron chi connectivity index (χ1n) is 9.44. The van der Waals surface area contributed by atoms with Gasteiger partial charge in [-0.25, -0.2) is 0 Å². The Bertz CT molecular complexity index is 990. The third-order valence-corrected chi connectivity index (χ3v) is 6.76. The molecule has 4 rings (SSSR count). The Labute approximate surface area is 178 Å². The number of aryl methyl sites for hydroxylation is 1. The largest absolute Gasteiger partial charge is 0.497 e. The van der Waals surface area contributed by atoms with Crippen molar-refractivity contribution >= 4 is 45.5 Å². The van der Waals surface area contributed by atoms with Crippen LogP contribution in [0.4, 0.5) is 16.5 Å². The summed E-state index contributed by atoms with van der Waals surface area (Å²) in [4.78, 5) is 15.0. The number of aromatic nitrogens is 2. The summed E-state index contributed by atoms with van der Waals surface area (Å²) < 4.78 is 5.94. The first kappa shape index (κ1) is 19.7. The molecule has 0 fully saturated rings. The number of carbonyl (C=O) groups excluding carboxylic acids is 1. The van der Waals surface area contributed by atoms with Gasteiger partial charge in [-0.05, 0) is 55.7 Å². The molecular formula is C21H22N4O2S2. The zero-order valence-electron chi connectivity index (χ0n) is 16.3. The molecule has 0 spiro atoms. The molecular weight excluding hydrogens is 404 g/mol. The Morgan fingerprint density at radius 1 is 1.21 bits per heavy atom. The third kappa shape index (κ3) is 4.54. The fourth-order valence-corrected chi connectivity index (χ4v) is 5.27. The lowest BCUT2D eigenvalue weighted by molar-refractivity contribution is -0.117. The molecule has 0 bridgehead atoms. The number of hydrogen-bond donors (Lipinski definition) is 1. The second-order valence-electron chi connectivity index (χ2n) is 6.71. The highest BCUT2D eigenvalue weighted by Gasteiger charge is 2.27. The van der Waals surface area contributed by atoms with Crippen molar-refractivity contribution in [1.82, 2.24) is 10.2 Å². The van der Waals surface area contributed by atoms with Crippen molar-refractivity contribution in [2.75, 3.05) is 23.9 Å². The van der Waals surface area contributed by atoms with E-state index in [1.54, 1.807) is 7.11 Å². The van der Waals surface area contributed by atoms with Gasteiger partial charge in [0.2, 0.25) is 11.0 Å². The smallest absolute Gasteiger partial charge is 0.240 e. The van der Waals surface area contributed by atoms with Gasteiger partial charge in [0, 0.05) is 17.9 Å². The van der Waals surface area contributed by atoms with Crippen LogP contribution in [-0.4, -0.2) is 35.0 Å². The van der Waals surface area contributed by atoms with Crippen molar-refractivity contribution in [3.05, 3.63) is 54.1 Å². The van der Waals surface area contributed by atoms with Gasteiger partial charge in [-0.2, -0.15) is 0 Å². The summed E-state index contributed by atoms with van der Waals surface area (Å²) in [5, 5.41) is 12.1. The van der Waals surface area contributed by atoms with Gasteiger partial charge in [0.15, 0.2) is 4.34 Å². The van der Waals surface area contributed by atoms with E-state index in [1.807, 2.05) is 54.3 Å². The Morgan fingerprint density at radius 2 is 2.00 bits per heavy atom. The van der Waals surface area contributed by atoms with Crippen molar-refractivity contribution in [2.45, 2.75) is 29.4 Å². The quantitative estimate of drug-likeness (QED) is 0.574. The van der Waals surface area contributed by atoms with E-state index in [9.17, 15) is 4.79 Å². The maximum Gasteiger partial charge on any atom is 0.240 e. The maximum absolute atomic E-state index is 13.1. The topological polar surface area (TPSA) is 67.3 Å². The number of nitrogens with one attached hydrogen (secondary N) is 1. The molecule has 150 valence electrons. The third-order valence-electron chi connectivity index (χ3n) is 4.75. The molecule has 1 unspecified atom stereocenters. The number of thioether (sulfide) groups is 1. The van der Waals surface area contributed by atoms with Crippen LogP contribution in [0.15, 0.2) is 52.9 Å². The van der Waals surface area contributed by atoms with Gasteiger partial charge in [-0.3, -0.25) is 4.79 Å². The van der Waals surface area contributed by atoms with Crippen molar-refractivity contribution in [3.63, 3.8) is 0 Å². The number of fused-ring (bicyclic) bond motifs is 1. The fraction of sp³-hybridized carbons (Fsp3) is 0.286. The molecule has 1 N–H and O–H groups in total. The molecule has 0 radical (unpaired) electrons. The number of methoxy groups -OCH3 is 1. The highest BCUT2D eigenvalue weighted by Crippen LogP contribution is 2.34. The standard InChI is InChI=1S/C21H22N4O2S2/c1-14(19(26)25-13-5-7-15-6-3-4-8-18(15)25)28-21-24-23-20(29-21)22-16-9-11-17(27-2)12-10-16/h3-4,6,8-12,14H,5,7,13H2,1-2H3,(H,22,23). The lowest BCUT2D eigenvalue weighted by Crippen LogP contribution is -2.40. The van der Waals surface area contributed by atoms with Crippen LogP contribution in [0.1, 0.15) is 18.9 Å². The van der Waals surface area contributed by atoms with Crippen molar-refractivity contribution in [1.29, 1.82) is 0 Å². The Morgan fingerprint density at radius 3 is 2.79 bits per heavy atom. The van der Waals surface area contributed by atoms with E-state index in [-0.39, 0.29) is 11.2 Å². The Kier molecular flexibility index (Phi) is 6.01. The number of para-hydroxylation sites is 1. The summed E-state index contributed by atoms with van der Waals surface area (Å²) in [6, 6.07) is 15.8. The predicted octanol–water partition coefficient (Wildman–Crippen LogP) is 4.75. The molecule has 2 heterocycles. The SMILES string of the molecule is COc1ccc(Nc2nnc(SC(C)C(=O)N3CCCc4ccccc43)s2)cc1. The number of benzene rings is 2. The monoisotopic (exact) mass is 426 g/mol. The first-order chi connectivity index (χ1) is 14.1. The minimum atomic E-state index is -0.233. The van der Waals surface area contributed by atoms with Crippen LogP contribution < -0.4 is 15.0 Å². The zero-order chi connectivity index (χ0) is 20.2. The lowest BCUT2D eigenvalue weighted by atomic mass is 10.0. The molecule has 0 aliphatic carbocycles. The van der Waals surface area contributed by atoms with Crippen LogP contribution in [0.25, 0.3) is 0 Å². The van der Waals surface area contributed by atoms with E-state index in [4.69, 9.17) is 4.74 Å². The number of amides is 1. The molecule has 1 aliphatic rings. The van der Waals surface area contributed by atoms with E-state index < -0.39 is 0 Å². The van der Waals surface area contributed by atoms with Crippen molar-refractivity contribution in [3.8, 4) is 5.75 Å². The summed E-state index contributed by atoms with van der Waals surface area (Å²) in [6.07, 6.45) is 2.02. The van der Waals surface area contributed by atoms with Gasteiger partial charge < -0.3 is 15.0 Å². The molecule has 0 saturated heterocycles. The molecule has 1 aromatic heterocycles. The molecule has 29 heavy (non-hydrogen) atoms. The van der Waals surface area contributed by atoms with Crippen LogP contribution in [-0.2, 0) is 11.2 Å². The molecule has 1 aliphatic heterocycles. The summed E-state index contributed by atoms with van der Waals surface area (Å²) in [5.41, 5.74) is 3.19. The van der Waals surface area contributed by atoms with E-state index in [0.717, 1.165) is 40.9 Å². The minimum absolute atomic E-state index is 0.113. The van der Waals surface area contributed by atoms with Gasteiger partial charge in [-0.1, -0.05) is 41.3 Å². The molecule has 1 amide bonds. The number of anilines is 3. The Hall–Kier alpha value is -2.58. The average molecular weight is 427 g/mol. The molecule has 3 aromatic rings. The van der Waals surface area contributed by atoms with E-state index >= 15 is 0 Å². The Balaban J connectivity index is 1.40. The van der Waals surface area contributed by atoms with Gasteiger partial charge in [-0.15, -0.1) is 10.2 Å². The van der Waals surface area contributed by atoms with Crippen LogP contribution >= 0.6 is 23.1 Å². The van der Waals surface area contributed by atoms with E-state index in [2.05, 4.69) is 21.6 Å². The number of nitrogens with zero attached hydrogens (tertiary/aromatic N) is 3. The van der Waals surface area contributed by atoms with E-state index in [1.165, 1.54) is 28.7 Å². The van der Waals surface area contributed by atoms with Crippen molar-refractivity contribution in [2.24, 2.45) is 0 Å². The van der Waals surface area contributed by atoms with Crippen LogP contribution in [0.2, 0.25) is 0 Å². The highest BCUT2D eigenvalue weighted by molar-refractivity contribution is 8.02. The van der Waals surface area contributed by atoms with Gasteiger partial charge in [0.1, 0.15) is 5.75 Å². The maximum atomic E-state index is 13.1. The van der Waals surface area contributed by atoms with Gasteiger partial charge in [0.05, 0.1) is 12.4 Å². The van der Waals surface area contributed by atoms with E-state index in [0.29, 0.717) is 5.13 Å². The van der Waals surface area contributed by atoms with Crippen LogP contribution in [0, 0.1) is 0 Å². The summed E-state index contributed by atoms with van der Waals surface area (Å²) in [5.74, 6) is 0.915. The number of carbonyl (C=O) groups is 1. The average Bonchev–Trinajstić information content (AvgIpc) is 3.20. The molecule has 6 nitrogen and oxygen atoms in total. The summed E-state index contributed by atoms with van der Waals surface area (Å²) >= 11 is 2.89. The normalized spacial score (nSPS) is 14.2. The number of ether oxygens (including phenoxy) is 1. The second kappa shape index (κ2) is 8.84. The highest BCUT2D eigenvalue weighted by atomic mass is 32.2. The zero-order valence-corrected chi connectivity index (χ0v) is 17.9.